The maximum Gasteiger partial charge on any atom is 0.276 e. The van der Waals surface area contributed by atoms with Crippen LogP contribution in [0.2, 0.25) is 0 Å². The molecular weight excluding hydrogens is 294 g/mol. The maximum absolute atomic E-state index is 12.4. The van der Waals surface area contributed by atoms with Gasteiger partial charge in [-0.15, -0.1) is 0 Å². The lowest BCUT2D eigenvalue weighted by Crippen LogP contribution is -2.42. The molecule has 0 aliphatic carbocycles. The van der Waals surface area contributed by atoms with Gasteiger partial charge in [0.15, 0.2) is 0 Å². The third-order valence-electron chi connectivity index (χ3n) is 2.98. The molecule has 1 N–H and O–H groups in total. The van der Waals surface area contributed by atoms with E-state index in [0.29, 0.717) is 11.1 Å². The van der Waals surface area contributed by atoms with Crippen LogP contribution in [0.1, 0.15) is 30.5 Å². The first-order valence-corrected chi connectivity index (χ1v) is 7.61. The van der Waals surface area contributed by atoms with Crippen LogP contribution in [-0.2, 0) is 10.0 Å². The summed E-state index contributed by atoms with van der Waals surface area (Å²) in [7, 11) is -4.04. The molecule has 0 unspecified atom stereocenters. The number of nitrogens with zero attached hydrogens (tertiary/aromatic N) is 2. The highest BCUT2D eigenvalue weighted by atomic mass is 32.2. The van der Waals surface area contributed by atoms with Gasteiger partial charge in [0.25, 0.3) is 5.69 Å². The fraction of sp³-hybridized carbons (Fsp3) is 0.462. The van der Waals surface area contributed by atoms with E-state index in [1.807, 2.05) is 6.07 Å². The largest absolute Gasteiger partial charge is 0.276 e. The van der Waals surface area contributed by atoms with E-state index in [2.05, 4.69) is 4.72 Å². The molecule has 7 nitrogen and oxygen atoms in total. The van der Waals surface area contributed by atoms with Crippen molar-refractivity contribution in [1.29, 1.82) is 5.26 Å². The first-order chi connectivity index (χ1) is 9.43. The summed E-state index contributed by atoms with van der Waals surface area (Å²) in [5.41, 5.74) is -0.669. The second-order valence-electron chi connectivity index (χ2n) is 5.41. The summed E-state index contributed by atoms with van der Waals surface area (Å²) in [5.74, 6) is 0. The van der Waals surface area contributed by atoms with E-state index in [-0.39, 0.29) is 16.1 Å². The van der Waals surface area contributed by atoms with Crippen molar-refractivity contribution in [2.45, 2.75) is 45.1 Å². The van der Waals surface area contributed by atoms with Gasteiger partial charge in [-0.05, 0) is 46.2 Å². The van der Waals surface area contributed by atoms with Crippen LogP contribution in [0.3, 0.4) is 0 Å². The molecule has 1 aromatic carbocycles. The SMILES string of the molecule is Cc1cc(C)c(S(=O)(=O)NC(C)(C)C#N)c(C)c1[N+](=O)[O-]. The second kappa shape index (κ2) is 5.42. The molecule has 0 atom stereocenters. The minimum absolute atomic E-state index is 0.0683. The molecule has 0 saturated heterocycles. The minimum atomic E-state index is -4.04. The Hall–Kier alpha value is -1.98. The molecule has 0 radical (unpaired) electrons. The zero-order valence-electron chi connectivity index (χ0n) is 12.5. The smallest absolute Gasteiger partial charge is 0.258 e. The van der Waals surface area contributed by atoms with Crippen LogP contribution in [0, 0.1) is 42.2 Å². The lowest BCUT2D eigenvalue weighted by Gasteiger charge is -2.20. The Morgan fingerprint density at radius 1 is 1.29 bits per heavy atom. The van der Waals surface area contributed by atoms with Gasteiger partial charge in [0.05, 0.1) is 15.9 Å². The molecule has 0 spiro atoms. The fourth-order valence-electron chi connectivity index (χ4n) is 2.26. The van der Waals surface area contributed by atoms with Gasteiger partial charge in [0.1, 0.15) is 5.54 Å². The normalized spacial score (nSPS) is 12.0. The lowest BCUT2D eigenvalue weighted by atomic mass is 10.1. The Labute approximate surface area is 123 Å². The van der Waals surface area contributed by atoms with Crippen LogP contribution in [0.5, 0.6) is 0 Å². The Balaban J connectivity index is 3.62. The summed E-state index contributed by atoms with van der Waals surface area (Å²) in [4.78, 5) is 10.4. The number of sulfonamides is 1. The van der Waals surface area contributed by atoms with Crippen LogP contribution in [0.15, 0.2) is 11.0 Å². The van der Waals surface area contributed by atoms with E-state index < -0.39 is 20.5 Å². The fourth-order valence-corrected chi connectivity index (χ4v) is 4.06. The molecule has 0 aliphatic rings. The number of hydrogen-bond donors (Lipinski definition) is 1. The van der Waals surface area contributed by atoms with Crippen LogP contribution < -0.4 is 4.72 Å². The highest BCUT2D eigenvalue weighted by Crippen LogP contribution is 2.32. The van der Waals surface area contributed by atoms with Gasteiger partial charge in [-0.25, -0.2) is 8.42 Å². The molecule has 0 aliphatic heterocycles. The third kappa shape index (κ3) is 3.37. The van der Waals surface area contributed by atoms with Crippen LogP contribution in [0.25, 0.3) is 0 Å². The van der Waals surface area contributed by atoms with Gasteiger partial charge in [0, 0.05) is 11.1 Å². The van der Waals surface area contributed by atoms with Gasteiger partial charge in [0.2, 0.25) is 10.0 Å². The number of rotatable bonds is 4. The van der Waals surface area contributed by atoms with Crippen molar-refractivity contribution in [1.82, 2.24) is 4.72 Å². The number of benzene rings is 1. The first-order valence-electron chi connectivity index (χ1n) is 6.13. The molecule has 0 aromatic heterocycles. The summed E-state index contributed by atoms with van der Waals surface area (Å²) in [5, 5.41) is 20.1. The molecule has 0 amide bonds. The minimum Gasteiger partial charge on any atom is -0.258 e. The van der Waals surface area contributed by atoms with E-state index in [4.69, 9.17) is 5.26 Å². The highest BCUT2D eigenvalue weighted by molar-refractivity contribution is 7.89. The van der Waals surface area contributed by atoms with Crippen molar-refractivity contribution < 1.29 is 13.3 Å². The van der Waals surface area contributed by atoms with Crippen LogP contribution >= 0.6 is 0 Å². The van der Waals surface area contributed by atoms with Gasteiger partial charge in [-0.2, -0.15) is 9.98 Å². The zero-order valence-corrected chi connectivity index (χ0v) is 13.3. The molecule has 21 heavy (non-hydrogen) atoms. The number of nitro benzene ring substituents is 1. The average Bonchev–Trinajstić information content (AvgIpc) is 2.25. The zero-order chi connectivity index (χ0) is 16.6. The second-order valence-corrected chi connectivity index (χ2v) is 7.03. The quantitative estimate of drug-likeness (QED) is 0.675. The molecule has 0 heterocycles. The molecule has 0 fully saturated rings. The molecule has 1 rings (SSSR count). The topological polar surface area (TPSA) is 113 Å². The lowest BCUT2D eigenvalue weighted by molar-refractivity contribution is -0.386. The van der Waals surface area contributed by atoms with E-state index in [9.17, 15) is 18.5 Å². The standard InChI is InChI=1S/C13H17N3O4S/c1-8-6-9(2)12(10(3)11(8)16(17)18)21(19,20)15-13(4,5)7-14/h6,15H,1-5H3. The molecule has 8 heteroatoms. The summed E-state index contributed by atoms with van der Waals surface area (Å²) < 4.78 is 27.2. The van der Waals surface area contributed by atoms with Gasteiger partial charge >= 0.3 is 0 Å². The molecule has 0 saturated carbocycles. The number of nitro groups is 1. The molecule has 114 valence electrons. The van der Waals surface area contributed by atoms with Crippen molar-refractivity contribution in [3.05, 3.63) is 32.9 Å². The summed E-state index contributed by atoms with van der Waals surface area (Å²) in [6.07, 6.45) is 0. The van der Waals surface area contributed by atoms with Gasteiger partial charge in [-0.1, -0.05) is 0 Å². The molecule has 1 aromatic rings. The van der Waals surface area contributed by atoms with E-state index in [0.717, 1.165) is 0 Å². The Morgan fingerprint density at radius 2 is 1.81 bits per heavy atom. The number of nitrogens with one attached hydrogen (secondary N) is 1. The Morgan fingerprint density at radius 3 is 2.24 bits per heavy atom. The summed E-state index contributed by atoms with van der Waals surface area (Å²) in [6, 6.07) is 3.29. The Bertz CT molecular complexity index is 746. The van der Waals surface area contributed by atoms with Crippen molar-refractivity contribution in [3.63, 3.8) is 0 Å². The summed E-state index contributed by atoms with van der Waals surface area (Å²) in [6.45, 7) is 7.35. The number of aryl methyl sites for hydroxylation is 2. The maximum atomic E-state index is 12.4. The van der Waals surface area contributed by atoms with Gasteiger partial charge < -0.3 is 0 Å². The van der Waals surface area contributed by atoms with Crippen molar-refractivity contribution in [2.24, 2.45) is 0 Å². The monoisotopic (exact) mass is 311 g/mol. The first kappa shape index (κ1) is 17.1. The van der Waals surface area contributed by atoms with E-state index in [1.165, 1.54) is 26.8 Å². The predicted octanol–water partition coefficient (Wildman–Crippen LogP) is 2.10. The van der Waals surface area contributed by atoms with Crippen molar-refractivity contribution in [2.75, 3.05) is 0 Å². The van der Waals surface area contributed by atoms with Crippen LogP contribution in [0.4, 0.5) is 5.69 Å². The predicted molar refractivity (Wildman–Crippen MR) is 77.3 cm³/mol. The third-order valence-corrected chi connectivity index (χ3v) is 4.93. The van der Waals surface area contributed by atoms with E-state index in [1.54, 1.807) is 13.8 Å². The number of nitriles is 1. The van der Waals surface area contributed by atoms with Crippen molar-refractivity contribution >= 4 is 15.7 Å². The average molecular weight is 311 g/mol. The number of hydrogen-bond acceptors (Lipinski definition) is 5. The molecular formula is C13H17N3O4S. The Kier molecular flexibility index (Phi) is 4.41. The van der Waals surface area contributed by atoms with Crippen molar-refractivity contribution in [3.8, 4) is 6.07 Å². The van der Waals surface area contributed by atoms with Gasteiger partial charge in [-0.3, -0.25) is 10.1 Å². The van der Waals surface area contributed by atoms with Crippen LogP contribution in [-0.4, -0.2) is 18.9 Å². The van der Waals surface area contributed by atoms with E-state index >= 15 is 0 Å². The molecule has 0 bridgehead atoms. The highest BCUT2D eigenvalue weighted by Gasteiger charge is 2.32. The summed E-state index contributed by atoms with van der Waals surface area (Å²) >= 11 is 0.